The van der Waals surface area contributed by atoms with E-state index in [1.807, 2.05) is 42.5 Å². The van der Waals surface area contributed by atoms with Crippen molar-refractivity contribution in [1.82, 2.24) is 5.32 Å². The van der Waals surface area contributed by atoms with E-state index in [0.29, 0.717) is 6.04 Å². The molecule has 0 heterocycles. The summed E-state index contributed by atoms with van der Waals surface area (Å²) in [6.07, 6.45) is 1.000. The van der Waals surface area contributed by atoms with E-state index < -0.39 is 0 Å². The number of hydrogen-bond donors (Lipinski definition) is 2. The van der Waals surface area contributed by atoms with Gasteiger partial charge in [0.1, 0.15) is 11.5 Å². The predicted molar refractivity (Wildman–Crippen MR) is 83.0 cm³/mol. The first-order valence-electron chi connectivity index (χ1n) is 7.06. The molecule has 0 saturated carbocycles. The molecular formula is C17H22N2O. The first kappa shape index (κ1) is 14.6. The van der Waals surface area contributed by atoms with Crippen molar-refractivity contribution in [3.05, 3.63) is 60.2 Å². The Morgan fingerprint density at radius 2 is 1.65 bits per heavy atom. The SMILES string of the molecule is CC(NCCCN)c1ccc(Oc2ccccc2)cc1. The van der Waals surface area contributed by atoms with Crippen LogP contribution in [0.3, 0.4) is 0 Å². The molecule has 1 atom stereocenters. The molecule has 20 heavy (non-hydrogen) atoms. The van der Waals surface area contributed by atoms with Crippen molar-refractivity contribution in [2.75, 3.05) is 13.1 Å². The zero-order chi connectivity index (χ0) is 14.2. The molecule has 0 aromatic heterocycles. The Labute approximate surface area is 120 Å². The molecule has 1 unspecified atom stereocenters. The lowest BCUT2D eigenvalue weighted by atomic mass is 10.1. The van der Waals surface area contributed by atoms with Crippen LogP contribution in [0.15, 0.2) is 54.6 Å². The van der Waals surface area contributed by atoms with Gasteiger partial charge in [-0.15, -0.1) is 0 Å². The third kappa shape index (κ3) is 4.37. The van der Waals surface area contributed by atoms with E-state index >= 15 is 0 Å². The van der Waals surface area contributed by atoms with Crippen LogP contribution in [0.5, 0.6) is 11.5 Å². The molecule has 2 rings (SSSR count). The number of nitrogens with two attached hydrogens (primary N) is 1. The molecule has 2 aromatic carbocycles. The maximum atomic E-state index is 5.77. The van der Waals surface area contributed by atoms with Gasteiger partial charge in [0.05, 0.1) is 0 Å². The zero-order valence-corrected chi connectivity index (χ0v) is 11.9. The minimum Gasteiger partial charge on any atom is -0.457 e. The Hall–Kier alpha value is -1.84. The molecule has 2 aromatic rings. The van der Waals surface area contributed by atoms with Crippen LogP contribution in [0.2, 0.25) is 0 Å². The van der Waals surface area contributed by atoms with E-state index in [1.165, 1.54) is 5.56 Å². The Bertz CT molecular complexity index is 496. The fraction of sp³-hybridized carbons (Fsp3) is 0.294. The van der Waals surface area contributed by atoms with Crippen molar-refractivity contribution in [3.63, 3.8) is 0 Å². The van der Waals surface area contributed by atoms with Gasteiger partial charge in [0.15, 0.2) is 0 Å². The van der Waals surface area contributed by atoms with E-state index in [9.17, 15) is 0 Å². The second-order valence-corrected chi connectivity index (χ2v) is 4.80. The summed E-state index contributed by atoms with van der Waals surface area (Å²) in [5.41, 5.74) is 6.74. The minimum atomic E-state index is 0.326. The number of hydrogen-bond acceptors (Lipinski definition) is 3. The summed E-state index contributed by atoms with van der Waals surface area (Å²) in [7, 11) is 0. The molecule has 0 fully saturated rings. The lowest BCUT2D eigenvalue weighted by Crippen LogP contribution is -2.21. The number of benzene rings is 2. The second kappa shape index (κ2) is 7.68. The fourth-order valence-corrected chi connectivity index (χ4v) is 1.99. The summed E-state index contributed by atoms with van der Waals surface area (Å²) in [4.78, 5) is 0. The number of ether oxygens (including phenoxy) is 1. The van der Waals surface area contributed by atoms with Gasteiger partial charge < -0.3 is 15.8 Å². The predicted octanol–water partition coefficient (Wildman–Crippen LogP) is 3.48. The van der Waals surface area contributed by atoms with Crippen molar-refractivity contribution in [2.24, 2.45) is 5.73 Å². The average molecular weight is 270 g/mol. The van der Waals surface area contributed by atoms with Gasteiger partial charge in [-0.1, -0.05) is 30.3 Å². The molecule has 0 aliphatic rings. The summed E-state index contributed by atoms with van der Waals surface area (Å²) >= 11 is 0. The Morgan fingerprint density at radius 3 is 2.30 bits per heavy atom. The van der Waals surface area contributed by atoms with Gasteiger partial charge in [-0.05, 0) is 56.3 Å². The number of rotatable bonds is 7. The van der Waals surface area contributed by atoms with Crippen molar-refractivity contribution < 1.29 is 4.74 Å². The van der Waals surface area contributed by atoms with Gasteiger partial charge in [-0.3, -0.25) is 0 Å². The molecule has 0 amide bonds. The van der Waals surface area contributed by atoms with Crippen LogP contribution in [-0.4, -0.2) is 13.1 Å². The summed E-state index contributed by atoms with van der Waals surface area (Å²) in [6.45, 7) is 3.83. The number of nitrogens with one attached hydrogen (secondary N) is 1. The topological polar surface area (TPSA) is 47.3 Å². The third-order valence-electron chi connectivity index (χ3n) is 3.19. The zero-order valence-electron chi connectivity index (χ0n) is 11.9. The lowest BCUT2D eigenvalue weighted by molar-refractivity contribution is 0.481. The molecule has 0 aliphatic heterocycles. The summed E-state index contributed by atoms with van der Waals surface area (Å²) in [6, 6.07) is 18.3. The standard InChI is InChI=1S/C17H22N2O/c1-14(19-13-5-12-18)15-8-10-17(11-9-15)20-16-6-3-2-4-7-16/h2-4,6-11,14,19H,5,12-13,18H2,1H3. The maximum Gasteiger partial charge on any atom is 0.127 e. The molecule has 0 spiro atoms. The van der Waals surface area contributed by atoms with Crippen LogP contribution in [0.1, 0.15) is 24.9 Å². The van der Waals surface area contributed by atoms with Gasteiger partial charge in [-0.2, -0.15) is 0 Å². The minimum absolute atomic E-state index is 0.326. The van der Waals surface area contributed by atoms with Gasteiger partial charge in [0.25, 0.3) is 0 Å². The maximum absolute atomic E-state index is 5.77. The largest absolute Gasteiger partial charge is 0.457 e. The average Bonchev–Trinajstić information content (AvgIpc) is 2.49. The first-order chi connectivity index (χ1) is 9.79. The molecule has 3 N–H and O–H groups in total. The van der Waals surface area contributed by atoms with Crippen molar-refractivity contribution in [3.8, 4) is 11.5 Å². The van der Waals surface area contributed by atoms with E-state index in [1.54, 1.807) is 0 Å². The Morgan fingerprint density at radius 1 is 1.00 bits per heavy atom. The molecule has 3 heteroatoms. The highest BCUT2D eigenvalue weighted by Crippen LogP contribution is 2.23. The quantitative estimate of drug-likeness (QED) is 0.757. The summed E-state index contributed by atoms with van der Waals surface area (Å²) in [5, 5.41) is 3.45. The van der Waals surface area contributed by atoms with Gasteiger partial charge in [0.2, 0.25) is 0 Å². The van der Waals surface area contributed by atoms with Crippen molar-refractivity contribution >= 4 is 0 Å². The Balaban J connectivity index is 1.92. The van der Waals surface area contributed by atoms with Crippen LogP contribution in [-0.2, 0) is 0 Å². The molecule has 0 radical (unpaired) electrons. The molecular weight excluding hydrogens is 248 g/mol. The fourth-order valence-electron chi connectivity index (χ4n) is 1.99. The highest BCUT2D eigenvalue weighted by molar-refractivity contribution is 5.33. The smallest absolute Gasteiger partial charge is 0.127 e. The molecule has 0 saturated heterocycles. The van der Waals surface area contributed by atoms with Crippen molar-refractivity contribution in [1.29, 1.82) is 0 Å². The van der Waals surface area contributed by atoms with E-state index in [-0.39, 0.29) is 0 Å². The van der Waals surface area contributed by atoms with Crippen molar-refractivity contribution in [2.45, 2.75) is 19.4 Å². The van der Waals surface area contributed by atoms with Crippen LogP contribution in [0.25, 0.3) is 0 Å². The highest BCUT2D eigenvalue weighted by Gasteiger charge is 2.04. The summed E-state index contributed by atoms with van der Waals surface area (Å²) < 4.78 is 5.77. The lowest BCUT2D eigenvalue weighted by Gasteiger charge is -2.14. The van der Waals surface area contributed by atoms with E-state index in [0.717, 1.165) is 31.0 Å². The molecule has 106 valence electrons. The van der Waals surface area contributed by atoms with Crippen LogP contribution in [0, 0.1) is 0 Å². The first-order valence-corrected chi connectivity index (χ1v) is 7.06. The third-order valence-corrected chi connectivity index (χ3v) is 3.19. The normalized spacial score (nSPS) is 12.1. The molecule has 0 aliphatic carbocycles. The number of para-hydroxylation sites is 1. The Kier molecular flexibility index (Phi) is 5.59. The summed E-state index contributed by atoms with van der Waals surface area (Å²) in [5.74, 6) is 1.71. The highest BCUT2D eigenvalue weighted by atomic mass is 16.5. The van der Waals surface area contributed by atoms with Crippen LogP contribution in [0.4, 0.5) is 0 Å². The second-order valence-electron chi connectivity index (χ2n) is 4.80. The molecule has 0 bridgehead atoms. The van der Waals surface area contributed by atoms with E-state index in [2.05, 4.69) is 24.4 Å². The monoisotopic (exact) mass is 270 g/mol. The van der Waals surface area contributed by atoms with Gasteiger partial charge in [-0.25, -0.2) is 0 Å². The molecule has 3 nitrogen and oxygen atoms in total. The van der Waals surface area contributed by atoms with E-state index in [4.69, 9.17) is 10.5 Å². The van der Waals surface area contributed by atoms with Gasteiger partial charge in [0, 0.05) is 6.04 Å². The van der Waals surface area contributed by atoms with Gasteiger partial charge >= 0.3 is 0 Å². The van der Waals surface area contributed by atoms with Crippen LogP contribution < -0.4 is 15.8 Å². The van der Waals surface area contributed by atoms with Crippen LogP contribution >= 0.6 is 0 Å².